The smallest absolute Gasteiger partial charge is 0.255 e. The molecular weight excluding hydrogens is 329 g/mol. The highest BCUT2D eigenvalue weighted by Crippen LogP contribution is 2.25. The molecule has 124 valence electrons. The van der Waals surface area contributed by atoms with Gasteiger partial charge in [0.1, 0.15) is 15.7 Å². The lowest BCUT2D eigenvalue weighted by molar-refractivity contribution is 0.0601. The van der Waals surface area contributed by atoms with Crippen molar-refractivity contribution in [3.63, 3.8) is 0 Å². The highest BCUT2D eigenvalue weighted by Gasteiger charge is 2.29. The summed E-state index contributed by atoms with van der Waals surface area (Å²) in [5.41, 5.74) is -0.110. The number of benzene rings is 1. The summed E-state index contributed by atoms with van der Waals surface area (Å²) in [7, 11) is -3.21. The molecule has 0 aliphatic heterocycles. The topological polar surface area (TPSA) is 54.5 Å². The number of aryl methyl sites for hydroxylation is 1. The first-order chi connectivity index (χ1) is 9.83. The van der Waals surface area contributed by atoms with Crippen molar-refractivity contribution < 1.29 is 17.6 Å². The van der Waals surface area contributed by atoms with E-state index in [9.17, 15) is 17.6 Å². The predicted octanol–water partition coefficient (Wildman–Crippen LogP) is 3.07. The molecule has 0 fully saturated rings. The summed E-state index contributed by atoms with van der Waals surface area (Å²) in [6.45, 7) is 7.00. The number of nitrogens with zero attached hydrogens (tertiary/aromatic N) is 1. The maximum absolute atomic E-state index is 13.5. The first-order valence-corrected chi connectivity index (χ1v) is 9.22. The molecule has 1 aromatic rings. The van der Waals surface area contributed by atoms with Gasteiger partial charge in [0.25, 0.3) is 5.91 Å². The molecule has 0 radical (unpaired) electrons. The molecule has 0 saturated carbocycles. The van der Waals surface area contributed by atoms with Gasteiger partial charge in [-0.3, -0.25) is 4.79 Å². The SMILES string of the molecule is Cc1cc(C(=O)N(CCS(C)(=O)=O)C(C)(C)C)c(Cl)cc1F. The zero-order valence-corrected chi connectivity index (χ0v) is 15.0. The number of halogens is 2. The van der Waals surface area contributed by atoms with Gasteiger partial charge in [-0.05, 0) is 45.4 Å². The molecule has 4 nitrogen and oxygen atoms in total. The maximum atomic E-state index is 13.5. The monoisotopic (exact) mass is 349 g/mol. The van der Waals surface area contributed by atoms with Crippen molar-refractivity contribution in [3.05, 3.63) is 34.1 Å². The summed E-state index contributed by atoms with van der Waals surface area (Å²) in [6.07, 6.45) is 1.12. The Morgan fingerprint density at radius 1 is 1.32 bits per heavy atom. The van der Waals surface area contributed by atoms with E-state index in [0.29, 0.717) is 5.56 Å². The van der Waals surface area contributed by atoms with Crippen LogP contribution in [-0.4, -0.2) is 43.3 Å². The summed E-state index contributed by atoms with van der Waals surface area (Å²) in [5, 5.41) is 0.0155. The second-order valence-corrected chi connectivity index (χ2v) is 9.01. The molecule has 0 saturated heterocycles. The Hall–Kier alpha value is -1.14. The van der Waals surface area contributed by atoms with Crippen LogP contribution in [0, 0.1) is 12.7 Å². The minimum atomic E-state index is -3.21. The lowest BCUT2D eigenvalue weighted by Gasteiger charge is -2.36. The third kappa shape index (κ3) is 4.95. The van der Waals surface area contributed by atoms with Crippen LogP contribution in [0.3, 0.4) is 0 Å². The van der Waals surface area contributed by atoms with Gasteiger partial charge in [0.2, 0.25) is 0 Å². The van der Waals surface area contributed by atoms with Crippen molar-refractivity contribution in [1.82, 2.24) is 4.90 Å². The van der Waals surface area contributed by atoms with E-state index in [2.05, 4.69) is 0 Å². The van der Waals surface area contributed by atoms with Gasteiger partial charge in [-0.25, -0.2) is 12.8 Å². The molecule has 0 bridgehead atoms. The molecule has 0 unspecified atom stereocenters. The Bertz CT molecular complexity index is 681. The second-order valence-electron chi connectivity index (χ2n) is 6.34. The van der Waals surface area contributed by atoms with Gasteiger partial charge in [0, 0.05) is 18.3 Å². The van der Waals surface area contributed by atoms with Gasteiger partial charge in [0.15, 0.2) is 0 Å². The maximum Gasteiger partial charge on any atom is 0.255 e. The summed E-state index contributed by atoms with van der Waals surface area (Å²) in [5.74, 6) is -1.04. The molecule has 0 aliphatic carbocycles. The third-order valence-corrected chi connectivity index (χ3v) is 4.46. The zero-order valence-electron chi connectivity index (χ0n) is 13.4. The molecule has 7 heteroatoms. The van der Waals surface area contributed by atoms with E-state index < -0.39 is 27.1 Å². The van der Waals surface area contributed by atoms with Gasteiger partial charge >= 0.3 is 0 Å². The number of carbonyl (C=O) groups is 1. The Balaban J connectivity index is 3.21. The van der Waals surface area contributed by atoms with Gasteiger partial charge in [-0.2, -0.15) is 0 Å². The Labute approximate surface area is 136 Å². The van der Waals surface area contributed by atoms with E-state index in [1.54, 1.807) is 27.7 Å². The van der Waals surface area contributed by atoms with Crippen molar-refractivity contribution in [2.24, 2.45) is 0 Å². The zero-order chi connectivity index (χ0) is 17.3. The minimum Gasteiger partial charge on any atom is -0.333 e. The normalized spacial score (nSPS) is 12.3. The molecule has 0 aromatic heterocycles. The van der Waals surface area contributed by atoms with E-state index in [4.69, 9.17) is 11.6 Å². The molecule has 0 heterocycles. The molecular formula is C15H21ClFNO3S. The average Bonchev–Trinajstić information content (AvgIpc) is 2.30. The van der Waals surface area contributed by atoms with E-state index in [1.165, 1.54) is 11.0 Å². The fourth-order valence-electron chi connectivity index (χ4n) is 1.97. The number of sulfone groups is 1. The van der Waals surface area contributed by atoms with Gasteiger partial charge in [0.05, 0.1) is 16.3 Å². The number of hydrogen-bond donors (Lipinski definition) is 0. The van der Waals surface area contributed by atoms with E-state index >= 15 is 0 Å². The molecule has 1 rings (SSSR count). The van der Waals surface area contributed by atoms with Gasteiger partial charge in [-0.1, -0.05) is 11.6 Å². The molecule has 0 aliphatic rings. The van der Waals surface area contributed by atoms with Crippen molar-refractivity contribution in [2.75, 3.05) is 18.6 Å². The van der Waals surface area contributed by atoms with Crippen LogP contribution in [0.2, 0.25) is 5.02 Å². The standard InChI is InChI=1S/C15H21ClFNO3S/c1-10-8-11(12(16)9-13(10)17)14(19)18(15(2,3)4)6-7-22(5,20)21/h8-9H,6-7H2,1-5H3. The highest BCUT2D eigenvalue weighted by molar-refractivity contribution is 7.90. The van der Waals surface area contributed by atoms with Crippen LogP contribution in [0.15, 0.2) is 12.1 Å². The Morgan fingerprint density at radius 3 is 2.32 bits per heavy atom. The van der Waals surface area contributed by atoms with Crippen LogP contribution in [-0.2, 0) is 9.84 Å². The first-order valence-electron chi connectivity index (χ1n) is 6.78. The fourth-order valence-corrected chi connectivity index (χ4v) is 2.71. The highest BCUT2D eigenvalue weighted by atomic mass is 35.5. The largest absolute Gasteiger partial charge is 0.333 e. The van der Waals surface area contributed by atoms with Crippen LogP contribution < -0.4 is 0 Å². The summed E-state index contributed by atoms with van der Waals surface area (Å²) in [4.78, 5) is 14.2. The van der Waals surface area contributed by atoms with Crippen molar-refractivity contribution in [3.8, 4) is 0 Å². The third-order valence-electron chi connectivity index (χ3n) is 3.22. The van der Waals surface area contributed by atoms with E-state index in [1.807, 2.05) is 0 Å². The summed E-state index contributed by atoms with van der Waals surface area (Å²) < 4.78 is 36.2. The first kappa shape index (κ1) is 18.9. The van der Waals surface area contributed by atoms with Crippen molar-refractivity contribution >= 4 is 27.3 Å². The summed E-state index contributed by atoms with van der Waals surface area (Å²) >= 11 is 5.97. The van der Waals surface area contributed by atoms with Crippen molar-refractivity contribution in [1.29, 1.82) is 0 Å². The summed E-state index contributed by atoms with van der Waals surface area (Å²) in [6, 6.07) is 2.49. The fraction of sp³-hybridized carbons (Fsp3) is 0.533. The lowest BCUT2D eigenvalue weighted by atomic mass is 10.0. The van der Waals surface area contributed by atoms with Gasteiger partial charge < -0.3 is 4.90 Å². The van der Waals surface area contributed by atoms with Crippen LogP contribution >= 0.6 is 11.6 Å². The van der Waals surface area contributed by atoms with Crippen molar-refractivity contribution in [2.45, 2.75) is 33.2 Å². The van der Waals surface area contributed by atoms with E-state index in [-0.39, 0.29) is 22.9 Å². The molecule has 1 aromatic carbocycles. The minimum absolute atomic E-state index is 0.0155. The molecule has 0 spiro atoms. The van der Waals surface area contributed by atoms with Crippen LogP contribution in [0.4, 0.5) is 4.39 Å². The number of carbonyl (C=O) groups excluding carboxylic acids is 1. The Kier molecular flexibility index (Phi) is 5.62. The van der Waals surface area contributed by atoms with Gasteiger partial charge in [-0.15, -0.1) is 0 Å². The molecule has 0 atom stereocenters. The van der Waals surface area contributed by atoms with E-state index in [0.717, 1.165) is 12.3 Å². The Morgan fingerprint density at radius 2 is 1.86 bits per heavy atom. The average molecular weight is 350 g/mol. The second kappa shape index (κ2) is 6.54. The molecule has 22 heavy (non-hydrogen) atoms. The number of amides is 1. The number of rotatable bonds is 4. The van der Waals surface area contributed by atoms with Crippen LogP contribution in [0.25, 0.3) is 0 Å². The molecule has 0 N–H and O–H groups in total. The van der Waals surface area contributed by atoms with Crippen LogP contribution in [0.1, 0.15) is 36.7 Å². The predicted molar refractivity (Wildman–Crippen MR) is 86.6 cm³/mol. The van der Waals surface area contributed by atoms with Crippen LogP contribution in [0.5, 0.6) is 0 Å². The lowest BCUT2D eigenvalue weighted by Crippen LogP contribution is -2.47. The quantitative estimate of drug-likeness (QED) is 0.839. The molecule has 1 amide bonds. The number of hydrogen-bond acceptors (Lipinski definition) is 3.